The van der Waals surface area contributed by atoms with Gasteiger partial charge in [-0.2, -0.15) is 0 Å². The molecule has 0 spiro atoms. The lowest BCUT2D eigenvalue weighted by Crippen LogP contribution is -2.40. The summed E-state index contributed by atoms with van der Waals surface area (Å²) < 4.78 is 27.7. The van der Waals surface area contributed by atoms with E-state index < -0.39 is 21.5 Å². The molecule has 134 valence electrons. The van der Waals surface area contributed by atoms with Gasteiger partial charge in [0.25, 0.3) is 5.91 Å². The first-order chi connectivity index (χ1) is 11.5. The Balaban J connectivity index is 2.37. The molecule has 0 atom stereocenters. The summed E-state index contributed by atoms with van der Waals surface area (Å²) in [7, 11) is -3.81. The Kier molecular flexibility index (Phi) is 5.79. The molecule has 0 saturated carbocycles. The average Bonchev–Trinajstić information content (AvgIpc) is 2.44. The Morgan fingerprint density at radius 3 is 2.28 bits per heavy atom. The number of amides is 1. The zero-order valence-electron chi connectivity index (χ0n) is 13.9. The highest BCUT2D eigenvalue weighted by Gasteiger charge is 2.25. The molecule has 5 nitrogen and oxygen atoms in total. The first-order valence-electron chi connectivity index (χ1n) is 7.39. The summed E-state index contributed by atoms with van der Waals surface area (Å²) in [6.45, 7) is 5.21. The molecule has 0 radical (unpaired) electrons. The summed E-state index contributed by atoms with van der Waals surface area (Å²) in [6, 6.07) is 10.6. The third-order valence-corrected chi connectivity index (χ3v) is 5.41. The van der Waals surface area contributed by atoms with Gasteiger partial charge in [0, 0.05) is 10.6 Å². The predicted octanol–water partition coefficient (Wildman–Crippen LogP) is 4.32. The van der Waals surface area contributed by atoms with E-state index in [1.807, 2.05) is 0 Å². The van der Waals surface area contributed by atoms with Crippen molar-refractivity contribution in [3.05, 3.63) is 58.1 Å². The van der Waals surface area contributed by atoms with Crippen LogP contribution in [-0.2, 0) is 10.0 Å². The molecule has 0 saturated heterocycles. The molecule has 0 heterocycles. The van der Waals surface area contributed by atoms with Gasteiger partial charge in [-0.15, -0.1) is 0 Å². The Hall–Kier alpha value is -1.60. The highest BCUT2D eigenvalue weighted by atomic mass is 35.5. The van der Waals surface area contributed by atoms with E-state index in [-0.39, 0.29) is 21.2 Å². The number of carbonyl (C=O) groups excluding carboxylic acids is 1. The van der Waals surface area contributed by atoms with E-state index in [1.165, 1.54) is 30.3 Å². The maximum absolute atomic E-state index is 12.6. The molecule has 0 bridgehead atoms. The van der Waals surface area contributed by atoms with Crippen LogP contribution >= 0.6 is 23.2 Å². The van der Waals surface area contributed by atoms with Crippen molar-refractivity contribution in [1.82, 2.24) is 4.72 Å². The number of halogens is 2. The minimum absolute atomic E-state index is 0.0247. The molecule has 0 unspecified atom stereocenters. The van der Waals surface area contributed by atoms with Crippen molar-refractivity contribution in [2.75, 3.05) is 5.32 Å². The van der Waals surface area contributed by atoms with Crippen molar-refractivity contribution in [3.63, 3.8) is 0 Å². The summed E-state index contributed by atoms with van der Waals surface area (Å²) in [5.74, 6) is -0.528. The topological polar surface area (TPSA) is 75.3 Å². The zero-order chi connectivity index (χ0) is 18.8. The Labute approximate surface area is 157 Å². The smallest absolute Gasteiger partial charge is 0.257 e. The zero-order valence-corrected chi connectivity index (χ0v) is 16.3. The van der Waals surface area contributed by atoms with Gasteiger partial charge in [-0.05, 0) is 51.1 Å². The van der Waals surface area contributed by atoms with Crippen molar-refractivity contribution in [2.24, 2.45) is 0 Å². The number of nitrogens with one attached hydrogen (secondary N) is 2. The van der Waals surface area contributed by atoms with Gasteiger partial charge >= 0.3 is 0 Å². The lowest BCUT2D eigenvalue weighted by molar-refractivity contribution is 0.102. The van der Waals surface area contributed by atoms with Crippen LogP contribution in [0, 0.1) is 0 Å². The van der Waals surface area contributed by atoms with Gasteiger partial charge in [-0.1, -0.05) is 35.3 Å². The van der Waals surface area contributed by atoms with Crippen LogP contribution in [0.4, 0.5) is 5.69 Å². The number of hydrogen-bond acceptors (Lipinski definition) is 3. The summed E-state index contributed by atoms with van der Waals surface area (Å²) >= 11 is 11.9. The lowest BCUT2D eigenvalue weighted by atomic mass is 10.1. The van der Waals surface area contributed by atoms with E-state index in [0.717, 1.165) is 0 Å². The third-order valence-electron chi connectivity index (χ3n) is 3.04. The summed E-state index contributed by atoms with van der Waals surface area (Å²) in [5, 5.41) is 3.17. The quantitative estimate of drug-likeness (QED) is 0.801. The van der Waals surface area contributed by atoms with Crippen molar-refractivity contribution in [3.8, 4) is 0 Å². The molecule has 0 aliphatic rings. The second kappa shape index (κ2) is 7.33. The van der Waals surface area contributed by atoms with Crippen molar-refractivity contribution in [1.29, 1.82) is 0 Å². The average molecular weight is 401 g/mol. The lowest BCUT2D eigenvalue weighted by Gasteiger charge is -2.21. The molecule has 2 aromatic rings. The first kappa shape index (κ1) is 19.7. The van der Waals surface area contributed by atoms with Crippen LogP contribution in [0.25, 0.3) is 0 Å². The molecule has 2 rings (SSSR count). The predicted molar refractivity (Wildman–Crippen MR) is 101 cm³/mol. The molecule has 25 heavy (non-hydrogen) atoms. The number of para-hydroxylation sites is 1. The van der Waals surface area contributed by atoms with E-state index >= 15 is 0 Å². The molecule has 8 heteroatoms. The minimum atomic E-state index is -3.81. The van der Waals surface area contributed by atoms with Gasteiger partial charge < -0.3 is 5.32 Å². The fraction of sp³-hybridized carbons (Fsp3) is 0.235. The van der Waals surface area contributed by atoms with E-state index in [1.54, 1.807) is 32.9 Å². The van der Waals surface area contributed by atoms with E-state index in [4.69, 9.17) is 23.2 Å². The number of anilines is 1. The highest BCUT2D eigenvalue weighted by molar-refractivity contribution is 7.89. The molecular formula is C17H18Cl2N2O3S. The van der Waals surface area contributed by atoms with Crippen LogP contribution in [0.1, 0.15) is 31.1 Å². The first-order valence-corrected chi connectivity index (χ1v) is 9.63. The fourth-order valence-electron chi connectivity index (χ4n) is 2.13. The van der Waals surface area contributed by atoms with Gasteiger partial charge in [0.05, 0.1) is 16.3 Å². The van der Waals surface area contributed by atoms with Crippen LogP contribution in [0.5, 0.6) is 0 Å². The van der Waals surface area contributed by atoms with Crippen LogP contribution in [0.15, 0.2) is 47.4 Å². The Morgan fingerprint density at radius 1 is 1.04 bits per heavy atom. The molecule has 1 amide bonds. The fourth-order valence-corrected chi connectivity index (χ4v) is 4.20. The van der Waals surface area contributed by atoms with Crippen molar-refractivity contribution < 1.29 is 13.2 Å². The molecule has 0 aliphatic heterocycles. The molecule has 0 fully saturated rings. The van der Waals surface area contributed by atoms with Crippen LogP contribution in [0.3, 0.4) is 0 Å². The van der Waals surface area contributed by atoms with E-state index in [2.05, 4.69) is 10.0 Å². The number of sulfonamides is 1. The maximum atomic E-state index is 12.6. The standard InChI is InChI=1S/C17H18Cl2N2O3S/c1-17(2,3)21-25(23,24)15-7-5-4-6-14(15)20-16(22)12-9-8-11(18)10-13(12)19/h4-10,21H,1-3H3,(H,20,22). The molecule has 2 N–H and O–H groups in total. The van der Waals surface area contributed by atoms with E-state index in [0.29, 0.717) is 5.02 Å². The Morgan fingerprint density at radius 2 is 1.68 bits per heavy atom. The van der Waals surface area contributed by atoms with E-state index in [9.17, 15) is 13.2 Å². The van der Waals surface area contributed by atoms with Gasteiger partial charge in [0.2, 0.25) is 10.0 Å². The second-order valence-corrected chi connectivity index (χ2v) is 8.92. The van der Waals surface area contributed by atoms with Crippen LogP contribution in [0.2, 0.25) is 10.0 Å². The molecule has 0 aliphatic carbocycles. The van der Waals surface area contributed by atoms with Crippen LogP contribution in [-0.4, -0.2) is 19.9 Å². The number of hydrogen-bond donors (Lipinski definition) is 2. The minimum Gasteiger partial charge on any atom is -0.321 e. The molecule has 0 aromatic heterocycles. The largest absolute Gasteiger partial charge is 0.321 e. The second-order valence-electron chi connectivity index (χ2n) is 6.43. The SMILES string of the molecule is CC(C)(C)NS(=O)(=O)c1ccccc1NC(=O)c1ccc(Cl)cc1Cl. The number of carbonyl (C=O) groups is 1. The summed E-state index contributed by atoms with van der Waals surface area (Å²) in [4.78, 5) is 12.4. The summed E-state index contributed by atoms with van der Waals surface area (Å²) in [6.07, 6.45) is 0. The number of benzene rings is 2. The van der Waals surface area contributed by atoms with Gasteiger partial charge in [0.1, 0.15) is 4.90 Å². The number of rotatable bonds is 4. The summed E-state index contributed by atoms with van der Waals surface area (Å²) in [5.41, 5.74) is -0.299. The Bertz CT molecular complexity index is 906. The molecular weight excluding hydrogens is 383 g/mol. The maximum Gasteiger partial charge on any atom is 0.257 e. The third kappa shape index (κ3) is 5.19. The monoisotopic (exact) mass is 400 g/mol. The van der Waals surface area contributed by atoms with Crippen LogP contribution < -0.4 is 10.0 Å². The van der Waals surface area contributed by atoms with Crippen molar-refractivity contribution >= 4 is 44.8 Å². The highest BCUT2D eigenvalue weighted by Crippen LogP contribution is 2.25. The van der Waals surface area contributed by atoms with Gasteiger partial charge in [-0.25, -0.2) is 13.1 Å². The van der Waals surface area contributed by atoms with Crippen molar-refractivity contribution in [2.45, 2.75) is 31.2 Å². The van der Waals surface area contributed by atoms with Gasteiger partial charge in [0.15, 0.2) is 0 Å². The molecule has 2 aromatic carbocycles. The normalized spacial score (nSPS) is 12.0. The van der Waals surface area contributed by atoms with Gasteiger partial charge in [-0.3, -0.25) is 4.79 Å².